The third-order valence-corrected chi connectivity index (χ3v) is 2.46. The van der Waals surface area contributed by atoms with Gasteiger partial charge in [-0.05, 0) is 13.5 Å². The summed E-state index contributed by atoms with van der Waals surface area (Å²) >= 11 is 0. The summed E-state index contributed by atoms with van der Waals surface area (Å²) in [5, 5.41) is 31.2. The summed E-state index contributed by atoms with van der Waals surface area (Å²) in [6, 6.07) is -0.627. The fourth-order valence-corrected chi connectivity index (χ4v) is 1.60. The van der Waals surface area contributed by atoms with Crippen LogP contribution in [0.1, 0.15) is 13.3 Å². The van der Waals surface area contributed by atoms with Crippen LogP contribution in [-0.2, 0) is 4.74 Å². The molecule has 0 aromatic rings. The zero-order valence-electron chi connectivity index (χ0n) is 8.25. The van der Waals surface area contributed by atoms with Crippen LogP contribution in [-0.4, -0.2) is 53.0 Å². The average molecular weight is 228 g/mol. The molecule has 1 fully saturated rings. The van der Waals surface area contributed by atoms with Gasteiger partial charge in [-0.3, -0.25) is 0 Å². The van der Waals surface area contributed by atoms with E-state index < -0.39 is 30.6 Å². The van der Waals surface area contributed by atoms with Crippen molar-refractivity contribution in [3.63, 3.8) is 0 Å². The predicted octanol–water partition coefficient (Wildman–Crippen LogP) is -1.15. The van der Waals surface area contributed by atoms with Gasteiger partial charge in [-0.25, -0.2) is 0 Å². The number of halogens is 1. The molecule has 1 saturated heterocycles. The second kappa shape index (κ2) is 5.85. The molecular formula is C8H18ClNO4. The van der Waals surface area contributed by atoms with Crippen molar-refractivity contribution in [2.24, 2.45) is 0 Å². The number of rotatable bonds is 2. The first-order valence-corrected chi connectivity index (χ1v) is 4.48. The van der Waals surface area contributed by atoms with Crippen LogP contribution < -0.4 is 5.32 Å². The SMILES string of the molecule is CCC1OC(O)C(NC)C(O)C1O.Cl. The van der Waals surface area contributed by atoms with Crippen LogP contribution in [0.3, 0.4) is 0 Å². The van der Waals surface area contributed by atoms with Crippen LogP contribution in [0.5, 0.6) is 0 Å². The Labute approximate surface area is 89.5 Å². The summed E-state index contributed by atoms with van der Waals surface area (Å²) in [5.41, 5.74) is 0. The predicted molar refractivity (Wildman–Crippen MR) is 53.3 cm³/mol. The van der Waals surface area contributed by atoms with Crippen molar-refractivity contribution in [1.29, 1.82) is 0 Å². The van der Waals surface area contributed by atoms with Crippen molar-refractivity contribution in [1.82, 2.24) is 5.32 Å². The van der Waals surface area contributed by atoms with Crippen LogP contribution in [0.2, 0.25) is 0 Å². The largest absolute Gasteiger partial charge is 0.388 e. The fraction of sp³-hybridized carbons (Fsp3) is 1.00. The van der Waals surface area contributed by atoms with Crippen molar-refractivity contribution in [2.45, 2.75) is 44.0 Å². The van der Waals surface area contributed by atoms with Gasteiger partial charge in [0.1, 0.15) is 12.2 Å². The maximum Gasteiger partial charge on any atom is 0.173 e. The summed E-state index contributed by atoms with van der Waals surface area (Å²) in [7, 11) is 1.60. The lowest BCUT2D eigenvalue weighted by molar-refractivity contribution is -0.247. The molecule has 5 nitrogen and oxygen atoms in total. The van der Waals surface area contributed by atoms with Gasteiger partial charge in [0.05, 0.1) is 12.1 Å². The Morgan fingerprint density at radius 3 is 2.21 bits per heavy atom. The lowest BCUT2D eigenvalue weighted by atomic mass is 9.96. The van der Waals surface area contributed by atoms with Crippen LogP contribution in [0, 0.1) is 0 Å². The van der Waals surface area contributed by atoms with E-state index in [1.54, 1.807) is 7.05 Å². The molecule has 4 N–H and O–H groups in total. The Kier molecular flexibility index (Phi) is 5.88. The molecule has 0 spiro atoms. The summed E-state index contributed by atoms with van der Waals surface area (Å²) in [5.74, 6) is 0. The van der Waals surface area contributed by atoms with Crippen LogP contribution in [0.25, 0.3) is 0 Å². The molecule has 0 aromatic carbocycles. The minimum Gasteiger partial charge on any atom is -0.388 e. The van der Waals surface area contributed by atoms with Crippen molar-refractivity contribution < 1.29 is 20.1 Å². The summed E-state index contributed by atoms with van der Waals surface area (Å²) in [6.07, 6.45) is -2.92. The molecule has 0 bridgehead atoms. The number of hydrogen-bond acceptors (Lipinski definition) is 5. The zero-order chi connectivity index (χ0) is 10.0. The van der Waals surface area contributed by atoms with Crippen molar-refractivity contribution in [3.05, 3.63) is 0 Å². The lowest BCUT2D eigenvalue weighted by Gasteiger charge is -2.40. The minimum atomic E-state index is -1.06. The standard InChI is InChI=1S/C8H17NO4.ClH/c1-3-4-6(10)7(11)5(9-2)8(12)13-4;/h4-12H,3H2,1-2H3;1H. The molecule has 0 aromatic heterocycles. The topological polar surface area (TPSA) is 82.0 Å². The summed E-state index contributed by atoms with van der Waals surface area (Å²) in [4.78, 5) is 0. The molecule has 5 unspecified atom stereocenters. The Morgan fingerprint density at radius 1 is 1.21 bits per heavy atom. The molecule has 6 heteroatoms. The van der Waals surface area contributed by atoms with Gasteiger partial charge in [0.15, 0.2) is 6.29 Å². The Bertz CT molecular complexity index is 171. The van der Waals surface area contributed by atoms with Crippen molar-refractivity contribution >= 4 is 12.4 Å². The maximum atomic E-state index is 9.56. The van der Waals surface area contributed by atoms with Gasteiger partial charge in [-0.1, -0.05) is 6.92 Å². The highest BCUT2D eigenvalue weighted by Crippen LogP contribution is 2.21. The van der Waals surface area contributed by atoms with Gasteiger partial charge >= 0.3 is 0 Å². The third kappa shape index (κ3) is 2.56. The Morgan fingerprint density at radius 2 is 1.79 bits per heavy atom. The molecule has 0 saturated carbocycles. The van der Waals surface area contributed by atoms with E-state index in [-0.39, 0.29) is 12.4 Å². The normalized spacial score (nSPS) is 43.1. The molecule has 0 radical (unpaired) electrons. The van der Waals surface area contributed by atoms with E-state index in [0.717, 1.165) is 0 Å². The second-order valence-corrected chi connectivity index (χ2v) is 3.27. The van der Waals surface area contributed by atoms with Gasteiger partial charge in [0.2, 0.25) is 0 Å². The Balaban J connectivity index is 0.00000169. The van der Waals surface area contributed by atoms with E-state index in [4.69, 9.17) is 4.74 Å². The molecule has 0 aliphatic carbocycles. The first-order valence-electron chi connectivity index (χ1n) is 4.48. The number of likely N-dealkylation sites (N-methyl/N-ethyl adjacent to an activating group) is 1. The number of nitrogens with one attached hydrogen (secondary N) is 1. The van der Waals surface area contributed by atoms with Crippen LogP contribution in [0.4, 0.5) is 0 Å². The van der Waals surface area contributed by atoms with Gasteiger partial charge in [0, 0.05) is 0 Å². The zero-order valence-corrected chi connectivity index (χ0v) is 9.07. The summed E-state index contributed by atoms with van der Waals surface area (Å²) < 4.78 is 5.10. The molecule has 0 amide bonds. The molecule has 1 aliphatic rings. The number of aliphatic hydroxyl groups excluding tert-OH is 3. The van der Waals surface area contributed by atoms with Crippen molar-refractivity contribution in [3.8, 4) is 0 Å². The Hall–Kier alpha value is 0.0900. The van der Waals surface area contributed by atoms with E-state index >= 15 is 0 Å². The molecular weight excluding hydrogens is 210 g/mol. The third-order valence-electron chi connectivity index (χ3n) is 2.46. The van der Waals surface area contributed by atoms with Gasteiger partial charge in [0.25, 0.3) is 0 Å². The van der Waals surface area contributed by atoms with E-state index in [9.17, 15) is 15.3 Å². The highest BCUT2D eigenvalue weighted by Gasteiger charge is 2.42. The number of ether oxygens (including phenoxy) is 1. The smallest absolute Gasteiger partial charge is 0.173 e. The molecule has 1 heterocycles. The first-order chi connectivity index (χ1) is 6.11. The summed E-state index contributed by atoms with van der Waals surface area (Å²) in [6.45, 7) is 1.83. The monoisotopic (exact) mass is 227 g/mol. The molecule has 5 atom stereocenters. The number of aliphatic hydroxyl groups is 3. The van der Waals surface area contributed by atoms with Crippen LogP contribution >= 0.6 is 12.4 Å². The molecule has 1 aliphatic heterocycles. The number of hydrogen-bond donors (Lipinski definition) is 4. The highest BCUT2D eigenvalue weighted by molar-refractivity contribution is 5.85. The van der Waals surface area contributed by atoms with Crippen LogP contribution in [0.15, 0.2) is 0 Å². The fourth-order valence-electron chi connectivity index (χ4n) is 1.60. The molecule has 14 heavy (non-hydrogen) atoms. The molecule has 1 rings (SSSR count). The second-order valence-electron chi connectivity index (χ2n) is 3.27. The lowest BCUT2D eigenvalue weighted by Crippen LogP contribution is -2.61. The first kappa shape index (κ1) is 14.1. The van der Waals surface area contributed by atoms with Gasteiger partial charge in [-0.2, -0.15) is 0 Å². The quantitative estimate of drug-likeness (QED) is 0.479. The highest BCUT2D eigenvalue weighted by atomic mass is 35.5. The van der Waals surface area contributed by atoms with E-state index in [2.05, 4.69) is 5.32 Å². The van der Waals surface area contributed by atoms with E-state index in [1.807, 2.05) is 6.92 Å². The minimum absolute atomic E-state index is 0. The van der Waals surface area contributed by atoms with Gasteiger partial charge in [-0.15, -0.1) is 12.4 Å². The average Bonchev–Trinajstić information content (AvgIpc) is 2.12. The molecule has 86 valence electrons. The van der Waals surface area contributed by atoms with E-state index in [0.29, 0.717) is 6.42 Å². The maximum absolute atomic E-state index is 9.56. The van der Waals surface area contributed by atoms with Crippen molar-refractivity contribution in [2.75, 3.05) is 7.05 Å². The van der Waals surface area contributed by atoms with E-state index in [1.165, 1.54) is 0 Å². The van der Waals surface area contributed by atoms with Gasteiger partial charge < -0.3 is 25.4 Å².